The number of aromatic nitrogens is 4. The van der Waals surface area contributed by atoms with Crippen LogP contribution in [0.4, 0.5) is 22.1 Å². The van der Waals surface area contributed by atoms with Gasteiger partial charge in [0.05, 0.1) is 5.56 Å². The predicted molar refractivity (Wildman–Crippen MR) is 149 cm³/mol. The first-order valence-corrected chi connectivity index (χ1v) is 12.9. The summed E-state index contributed by atoms with van der Waals surface area (Å²) >= 11 is 0. The maximum atomic E-state index is 13.5. The summed E-state index contributed by atoms with van der Waals surface area (Å²) in [5, 5.41) is 13.8. The number of ether oxygens (including phenoxy) is 2. The molecule has 3 heterocycles. The van der Waals surface area contributed by atoms with E-state index in [-0.39, 0.29) is 23.8 Å². The van der Waals surface area contributed by atoms with Crippen molar-refractivity contribution < 1.29 is 33.2 Å². The van der Waals surface area contributed by atoms with Crippen molar-refractivity contribution in [1.29, 1.82) is 0 Å². The van der Waals surface area contributed by atoms with E-state index in [9.17, 15) is 19.2 Å². The molecule has 220 valence electrons. The highest BCUT2D eigenvalue weighted by Gasteiger charge is 2.28. The van der Waals surface area contributed by atoms with Gasteiger partial charge in [0, 0.05) is 30.1 Å². The van der Waals surface area contributed by atoms with Gasteiger partial charge in [0.25, 0.3) is 11.8 Å². The first-order valence-electron chi connectivity index (χ1n) is 12.9. The molecule has 0 fully saturated rings. The lowest BCUT2D eigenvalue weighted by atomic mass is 10.1. The summed E-state index contributed by atoms with van der Waals surface area (Å²) in [6.45, 7) is 6.16. The van der Waals surface area contributed by atoms with E-state index in [0.717, 1.165) is 10.5 Å². The monoisotopic (exact) mass is 578 g/mol. The number of imide groups is 1. The number of nitrogens with one attached hydrogen (secondary N) is 2. The lowest BCUT2D eigenvalue weighted by Gasteiger charge is -2.19. The number of benzene rings is 1. The van der Waals surface area contributed by atoms with E-state index in [2.05, 4.69) is 25.9 Å². The van der Waals surface area contributed by atoms with Crippen molar-refractivity contribution in [2.24, 2.45) is 5.73 Å². The van der Waals surface area contributed by atoms with Crippen molar-refractivity contribution in [2.75, 3.05) is 24.0 Å². The zero-order chi connectivity index (χ0) is 30.4. The highest BCUT2D eigenvalue weighted by molar-refractivity contribution is 6.06. The Bertz CT molecular complexity index is 1610. The minimum absolute atomic E-state index is 0.0592. The minimum Gasteiger partial charge on any atom is -0.427 e. The quantitative estimate of drug-likeness (QED) is 0.184. The van der Waals surface area contributed by atoms with E-state index in [0.29, 0.717) is 34.6 Å². The number of hydrogen-bond donors (Lipinski definition) is 3. The predicted octanol–water partition coefficient (Wildman–Crippen LogP) is 3.17. The van der Waals surface area contributed by atoms with Crippen LogP contribution in [-0.2, 0) is 14.3 Å². The number of nitrogens with two attached hydrogens (primary N) is 1. The molecule has 0 aliphatic carbocycles. The Morgan fingerprint density at radius 2 is 1.95 bits per heavy atom. The molecule has 0 saturated heterocycles. The van der Waals surface area contributed by atoms with Gasteiger partial charge in [0.15, 0.2) is 11.6 Å². The van der Waals surface area contributed by atoms with E-state index in [1.54, 1.807) is 32.0 Å². The van der Waals surface area contributed by atoms with Gasteiger partial charge in [-0.1, -0.05) is 18.1 Å². The third kappa shape index (κ3) is 6.52. The molecule has 0 radical (unpaired) electrons. The molecule has 0 bridgehead atoms. The fourth-order valence-corrected chi connectivity index (χ4v) is 3.95. The smallest absolute Gasteiger partial charge is 0.419 e. The van der Waals surface area contributed by atoms with E-state index in [1.165, 1.54) is 36.3 Å². The SMILES string of the molecule is CCCN(C(=O)OCOC(=O)C(C)N)C(=O)c1cn2ncnc(Nc3cc(C(=O)Nc4ccon4)ccc3C)c2c1C. The summed E-state index contributed by atoms with van der Waals surface area (Å²) in [6, 6.07) is 5.74. The number of aryl methyl sites for hydroxylation is 2. The van der Waals surface area contributed by atoms with Crippen LogP contribution in [-0.4, -0.2) is 67.9 Å². The molecule has 42 heavy (non-hydrogen) atoms. The molecular formula is C27H30N8O7. The highest BCUT2D eigenvalue weighted by Crippen LogP contribution is 2.28. The first-order chi connectivity index (χ1) is 20.1. The number of amides is 3. The van der Waals surface area contributed by atoms with Gasteiger partial charge in [-0.3, -0.25) is 14.4 Å². The van der Waals surface area contributed by atoms with Crippen molar-refractivity contribution in [3.63, 3.8) is 0 Å². The Labute approximate surface area is 239 Å². The Balaban J connectivity index is 1.58. The molecule has 0 aliphatic heterocycles. The summed E-state index contributed by atoms with van der Waals surface area (Å²) in [7, 11) is 0. The summed E-state index contributed by atoms with van der Waals surface area (Å²) < 4.78 is 16.0. The second-order valence-electron chi connectivity index (χ2n) is 9.30. The van der Waals surface area contributed by atoms with E-state index >= 15 is 0 Å². The molecular weight excluding hydrogens is 548 g/mol. The van der Waals surface area contributed by atoms with Gasteiger partial charge in [0.1, 0.15) is 24.1 Å². The highest BCUT2D eigenvalue weighted by atomic mass is 16.7. The molecule has 1 aromatic carbocycles. The first kappa shape index (κ1) is 29.7. The van der Waals surface area contributed by atoms with Crippen LogP contribution >= 0.6 is 0 Å². The molecule has 4 N–H and O–H groups in total. The molecule has 15 heteroatoms. The van der Waals surface area contributed by atoms with Crippen molar-refractivity contribution in [2.45, 2.75) is 40.2 Å². The standard InChI is InChI=1S/C27H30N8O7/c1-5-9-34(27(39)41-14-40-26(38)17(4)28)25(37)19-12-35-22(16(19)3)23(29-13-30-35)31-20-11-18(7-6-15(20)2)24(36)32-21-8-10-42-33-21/h6-8,10-13,17H,5,9,14,28H2,1-4H3,(H,29,30,31)(H,32,33,36). The third-order valence-electron chi connectivity index (χ3n) is 6.16. The Morgan fingerprint density at radius 3 is 2.64 bits per heavy atom. The van der Waals surface area contributed by atoms with Crippen LogP contribution in [0.5, 0.6) is 0 Å². The molecule has 15 nitrogen and oxygen atoms in total. The number of rotatable bonds is 10. The van der Waals surface area contributed by atoms with E-state index in [4.69, 9.17) is 19.7 Å². The van der Waals surface area contributed by atoms with Crippen LogP contribution in [0, 0.1) is 13.8 Å². The summed E-state index contributed by atoms with van der Waals surface area (Å²) in [5.74, 6) is -1.12. The number of carbonyl (C=O) groups is 4. The zero-order valence-electron chi connectivity index (χ0n) is 23.4. The number of fused-ring (bicyclic) bond motifs is 1. The van der Waals surface area contributed by atoms with Gasteiger partial charge in [-0.2, -0.15) is 5.10 Å². The molecule has 3 amide bonds. The molecule has 3 aromatic heterocycles. The topological polar surface area (TPSA) is 196 Å². The summed E-state index contributed by atoms with van der Waals surface area (Å²) in [6.07, 6.45) is 3.63. The largest absolute Gasteiger partial charge is 0.427 e. The number of nitrogens with zero attached hydrogens (tertiary/aromatic N) is 5. The van der Waals surface area contributed by atoms with Gasteiger partial charge in [-0.15, -0.1) is 0 Å². The Hall–Kier alpha value is -5.31. The van der Waals surface area contributed by atoms with Crippen molar-refractivity contribution >= 4 is 46.7 Å². The van der Waals surface area contributed by atoms with Crippen LogP contribution in [0.2, 0.25) is 0 Å². The molecule has 1 unspecified atom stereocenters. The Morgan fingerprint density at radius 1 is 1.17 bits per heavy atom. The van der Waals surface area contributed by atoms with Crippen LogP contribution < -0.4 is 16.4 Å². The van der Waals surface area contributed by atoms with E-state index < -0.39 is 30.8 Å². The van der Waals surface area contributed by atoms with Gasteiger partial charge < -0.3 is 30.4 Å². The van der Waals surface area contributed by atoms with E-state index in [1.807, 2.05) is 6.92 Å². The number of esters is 1. The second-order valence-corrected chi connectivity index (χ2v) is 9.30. The average Bonchev–Trinajstić information content (AvgIpc) is 3.60. The molecule has 1 atom stereocenters. The maximum absolute atomic E-state index is 13.5. The summed E-state index contributed by atoms with van der Waals surface area (Å²) in [5.41, 5.74) is 8.38. The molecule has 0 saturated carbocycles. The van der Waals surface area contributed by atoms with Crippen molar-refractivity contribution in [3.05, 3.63) is 65.3 Å². The minimum atomic E-state index is -0.977. The van der Waals surface area contributed by atoms with Crippen LogP contribution in [0.15, 0.2) is 47.6 Å². The molecule has 4 rings (SSSR count). The molecule has 0 aliphatic rings. The second kappa shape index (κ2) is 12.9. The fraction of sp³-hybridized carbons (Fsp3) is 0.296. The van der Waals surface area contributed by atoms with Gasteiger partial charge >= 0.3 is 12.1 Å². The fourth-order valence-electron chi connectivity index (χ4n) is 3.95. The maximum Gasteiger partial charge on any atom is 0.419 e. The lowest BCUT2D eigenvalue weighted by Crippen LogP contribution is -2.39. The van der Waals surface area contributed by atoms with Gasteiger partial charge in [-0.05, 0) is 50.5 Å². The molecule has 4 aromatic rings. The average molecular weight is 579 g/mol. The normalized spacial score (nSPS) is 11.5. The lowest BCUT2D eigenvalue weighted by molar-refractivity contribution is -0.153. The Kier molecular flexibility index (Phi) is 9.12. The number of carbonyl (C=O) groups excluding carboxylic acids is 4. The third-order valence-corrected chi connectivity index (χ3v) is 6.16. The number of anilines is 3. The molecule has 0 spiro atoms. The van der Waals surface area contributed by atoms with Gasteiger partial charge in [0.2, 0.25) is 6.79 Å². The van der Waals surface area contributed by atoms with Crippen LogP contribution in [0.25, 0.3) is 5.52 Å². The van der Waals surface area contributed by atoms with Crippen LogP contribution in [0.3, 0.4) is 0 Å². The van der Waals surface area contributed by atoms with Crippen molar-refractivity contribution in [1.82, 2.24) is 24.7 Å². The van der Waals surface area contributed by atoms with Gasteiger partial charge in [-0.25, -0.2) is 19.2 Å². The van der Waals surface area contributed by atoms with Crippen LogP contribution in [0.1, 0.15) is 52.1 Å². The van der Waals surface area contributed by atoms with Crippen molar-refractivity contribution in [3.8, 4) is 0 Å². The number of hydrogen-bond acceptors (Lipinski definition) is 12. The zero-order valence-corrected chi connectivity index (χ0v) is 23.4. The summed E-state index contributed by atoms with van der Waals surface area (Å²) in [4.78, 5) is 55.8.